The van der Waals surface area contributed by atoms with Crippen LogP contribution in [0.1, 0.15) is 110 Å². The molecule has 0 aromatic heterocycles. The van der Waals surface area contributed by atoms with Gasteiger partial charge in [0, 0.05) is 13.2 Å². The molecule has 0 N–H and O–H groups in total. The number of unbranched alkanes of at least 4 members (excludes halogenated alkanes) is 13. The van der Waals surface area contributed by atoms with Gasteiger partial charge in [0.05, 0.1) is 132 Å². The minimum absolute atomic E-state index is 0.528. The van der Waals surface area contributed by atoms with Crippen LogP contribution in [0, 0.1) is 0 Å². The van der Waals surface area contributed by atoms with E-state index in [1.807, 2.05) is 0 Å². The van der Waals surface area contributed by atoms with Crippen molar-refractivity contribution >= 4 is 0 Å². The normalized spacial score (nSPS) is 11.6. The summed E-state index contributed by atoms with van der Waals surface area (Å²) in [5.41, 5.74) is 0. The Morgan fingerprint density at radius 3 is 0.480 bits per heavy atom. The van der Waals surface area contributed by atoms with E-state index in [0.717, 1.165) is 26.1 Å². The predicted molar refractivity (Wildman–Crippen MR) is 200 cm³/mol. The molecule has 0 atom stereocenters. The fourth-order valence-corrected chi connectivity index (χ4v) is 4.80. The van der Waals surface area contributed by atoms with Crippen molar-refractivity contribution in [1.82, 2.24) is 0 Å². The molecule has 0 aliphatic rings. The Bertz CT molecular complexity index is 526. The number of hydrogen-bond donors (Lipinski definition) is 0. The molecule has 0 aromatic carbocycles. The molecule has 0 aliphatic heterocycles. The lowest BCUT2D eigenvalue weighted by molar-refractivity contribution is -0.0275. The molecule has 0 heterocycles. The molecule has 11 heteroatoms. The SMILES string of the molecule is CCCCCCCCCCCCOCCOCCOCCOCCOCCOCCOCCOCCOCCOCCOCCCCCCC. The van der Waals surface area contributed by atoms with Gasteiger partial charge in [-0.2, -0.15) is 0 Å². The van der Waals surface area contributed by atoms with Gasteiger partial charge < -0.3 is 52.1 Å². The largest absolute Gasteiger partial charge is 0.379 e. The van der Waals surface area contributed by atoms with Crippen molar-refractivity contribution in [3.8, 4) is 0 Å². The molecule has 302 valence electrons. The topological polar surface area (TPSA) is 102 Å². The van der Waals surface area contributed by atoms with Crippen molar-refractivity contribution in [3.05, 3.63) is 0 Å². The van der Waals surface area contributed by atoms with Crippen molar-refractivity contribution in [1.29, 1.82) is 0 Å². The van der Waals surface area contributed by atoms with Gasteiger partial charge in [0.1, 0.15) is 0 Å². The zero-order valence-corrected chi connectivity index (χ0v) is 32.7. The van der Waals surface area contributed by atoms with E-state index in [1.54, 1.807) is 0 Å². The maximum atomic E-state index is 5.65. The zero-order chi connectivity index (χ0) is 35.9. The van der Waals surface area contributed by atoms with Crippen LogP contribution >= 0.6 is 0 Å². The molecule has 50 heavy (non-hydrogen) atoms. The monoisotopic (exact) mass is 725 g/mol. The lowest BCUT2D eigenvalue weighted by atomic mass is 10.1. The summed E-state index contributed by atoms with van der Waals surface area (Å²) in [6, 6.07) is 0. The molecule has 0 saturated carbocycles. The van der Waals surface area contributed by atoms with Crippen LogP contribution in [0.15, 0.2) is 0 Å². The maximum Gasteiger partial charge on any atom is 0.0701 e. The maximum absolute atomic E-state index is 5.65. The molecule has 0 aliphatic carbocycles. The van der Waals surface area contributed by atoms with Gasteiger partial charge >= 0.3 is 0 Å². The summed E-state index contributed by atoms with van der Waals surface area (Å²) in [4.78, 5) is 0. The van der Waals surface area contributed by atoms with Crippen molar-refractivity contribution in [2.24, 2.45) is 0 Å². The fourth-order valence-electron chi connectivity index (χ4n) is 4.80. The Labute approximate surface area is 307 Å². The Morgan fingerprint density at radius 1 is 0.160 bits per heavy atom. The van der Waals surface area contributed by atoms with E-state index in [4.69, 9.17) is 52.1 Å². The molecule has 0 radical (unpaired) electrons. The molecule has 0 spiro atoms. The van der Waals surface area contributed by atoms with Gasteiger partial charge in [-0.15, -0.1) is 0 Å². The van der Waals surface area contributed by atoms with Crippen LogP contribution in [0.2, 0.25) is 0 Å². The highest BCUT2D eigenvalue weighted by Gasteiger charge is 1.98. The van der Waals surface area contributed by atoms with Gasteiger partial charge in [0.2, 0.25) is 0 Å². The Balaban J connectivity index is 3.04. The van der Waals surface area contributed by atoms with Gasteiger partial charge in [-0.25, -0.2) is 0 Å². The smallest absolute Gasteiger partial charge is 0.0701 e. The second kappa shape index (κ2) is 48.6. The van der Waals surface area contributed by atoms with Gasteiger partial charge in [-0.1, -0.05) is 97.3 Å². The minimum atomic E-state index is 0.528. The van der Waals surface area contributed by atoms with E-state index in [9.17, 15) is 0 Å². The zero-order valence-electron chi connectivity index (χ0n) is 32.7. The molecule has 0 bridgehead atoms. The first kappa shape index (κ1) is 49.6. The summed E-state index contributed by atoms with van der Waals surface area (Å²) < 4.78 is 60.9. The third-order valence-corrected chi connectivity index (χ3v) is 7.75. The number of hydrogen-bond acceptors (Lipinski definition) is 11. The first-order valence-electron chi connectivity index (χ1n) is 20.3. The summed E-state index contributed by atoms with van der Waals surface area (Å²) in [5.74, 6) is 0. The highest BCUT2D eigenvalue weighted by Crippen LogP contribution is 2.10. The molecule has 0 saturated heterocycles. The van der Waals surface area contributed by atoms with Crippen molar-refractivity contribution in [3.63, 3.8) is 0 Å². The molecule has 11 nitrogen and oxygen atoms in total. The van der Waals surface area contributed by atoms with E-state index >= 15 is 0 Å². The van der Waals surface area contributed by atoms with E-state index in [-0.39, 0.29) is 0 Å². The van der Waals surface area contributed by atoms with Crippen LogP contribution in [0.5, 0.6) is 0 Å². The van der Waals surface area contributed by atoms with E-state index in [2.05, 4.69) is 13.8 Å². The van der Waals surface area contributed by atoms with Crippen LogP contribution in [0.3, 0.4) is 0 Å². The van der Waals surface area contributed by atoms with Crippen molar-refractivity contribution < 1.29 is 52.1 Å². The second-order valence-electron chi connectivity index (χ2n) is 12.3. The summed E-state index contributed by atoms with van der Waals surface area (Å²) in [7, 11) is 0. The van der Waals surface area contributed by atoms with Gasteiger partial charge in [-0.3, -0.25) is 0 Å². The number of ether oxygens (including phenoxy) is 11. The quantitative estimate of drug-likeness (QED) is 0.0603. The first-order valence-corrected chi connectivity index (χ1v) is 20.3. The average molecular weight is 725 g/mol. The molecule has 0 aromatic rings. The van der Waals surface area contributed by atoms with Gasteiger partial charge in [0.25, 0.3) is 0 Å². The first-order chi connectivity index (χ1) is 24.9. The number of rotatable bonds is 47. The van der Waals surface area contributed by atoms with Gasteiger partial charge in [0.15, 0.2) is 0 Å². The Hall–Kier alpha value is -0.440. The third kappa shape index (κ3) is 47.6. The molecule has 0 rings (SSSR count). The molecule has 0 fully saturated rings. The van der Waals surface area contributed by atoms with Crippen LogP contribution < -0.4 is 0 Å². The lowest BCUT2D eigenvalue weighted by Crippen LogP contribution is -2.15. The Morgan fingerprint density at radius 2 is 0.300 bits per heavy atom. The fraction of sp³-hybridized carbons (Fsp3) is 1.00. The third-order valence-electron chi connectivity index (χ3n) is 7.75. The predicted octanol–water partition coefficient (Wildman–Crippen LogP) is 7.06. The van der Waals surface area contributed by atoms with E-state index < -0.39 is 0 Å². The Kier molecular flexibility index (Phi) is 48.1. The summed E-state index contributed by atoms with van der Waals surface area (Å²) in [5, 5.41) is 0. The molecule has 0 unspecified atom stereocenters. The highest BCUT2D eigenvalue weighted by molar-refractivity contribution is 4.48. The standard InChI is InChI=1S/C39H80O11/c1-3-5-7-9-10-11-12-13-15-17-19-41-21-23-43-25-27-45-29-31-47-33-35-49-37-39-50-38-36-48-34-32-46-30-28-44-26-24-42-22-20-40-18-16-14-8-6-4-2/h3-39H2,1-2H3. The van der Waals surface area contributed by atoms with E-state index in [1.165, 1.54) is 83.5 Å². The lowest BCUT2D eigenvalue weighted by Gasteiger charge is -2.09. The van der Waals surface area contributed by atoms with Crippen LogP contribution in [-0.2, 0) is 52.1 Å². The highest BCUT2D eigenvalue weighted by atomic mass is 16.6. The second-order valence-corrected chi connectivity index (χ2v) is 12.3. The summed E-state index contributed by atoms with van der Waals surface area (Å²) >= 11 is 0. The van der Waals surface area contributed by atoms with Crippen LogP contribution in [0.4, 0.5) is 0 Å². The summed E-state index contributed by atoms with van der Waals surface area (Å²) in [6.45, 7) is 17.4. The van der Waals surface area contributed by atoms with Gasteiger partial charge in [-0.05, 0) is 12.8 Å². The van der Waals surface area contributed by atoms with Crippen molar-refractivity contribution in [2.45, 2.75) is 110 Å². The molecule has 0 amide bonds. The van der Waals surface area contributed by atoms with Crippen LogP contribution in [0.25, 0.3) is 0 Å². The van der Waals surface area contributed by atoms with E-state index in [0.29, 0.717) is 132 Å². The molecular weight excluding hydrogens is 644 g/mol. The molecular formula is C39H80O11. The van der Waals surface area contributed by atoms with Crippen molar-refractivity contribution in [2.75, 3.05) is 145 Å². The summed E-state index contributed by atoms with van der Waals surface area (Å²) in [6.07, 6.45) is 19.7. The minimum Gasteiger partial charge on any atom is -0.379 e. The van der Waals surface area contributed by atoms with Crippen LogP contribution in [-0.4, -0.2) is 145 Å². The average Bonchev–Trinajstić information content (AvgIpc) is 3.13.